The van der Waals surface area contributed by atoms with Crippen molar-refractivity contribution in [3.05, 3.63) is 59.0 Å². The predicted octanol–water partition coefficient (Wildman–Crippen LogP) is 2.98. The van der Waals surface area contributed by atoms with E-state index in [2.05, 4.69) is 34.5 Å². The normalized spacial score (nSPS) is 19.0. The van der Waals surface area contributed by atoms with Crippen molar-refractivity contribution in [2.45, 2.75) is 46.2 Å². The van der Waals surface area contributed by atoms with Crippen LogP contribution in [0.3, 0.4) is 0 Å². The number of para-hydroxylation sites is 1. The summed E-state index contributed by atoms with van der Waals surface area (Å²) in [6.45, 7) is 7.60. The van der Waals surface area contributed by atoms with Gasteiger partial charge >= 0.3 is 0 Å². The first-order chi connectivity index (χ1) is 14.1. The number of fused-ring (bicyclic) bond motifs is 1. The van der Waals surface area contributed by atoms with E-state index >= 15 is 0 Å². The molecule has 1 fully saturated rings. The standard InChI is InChI=1S/C23H28N4O2/c1-4-19-15(2)26-27(16(19)3)12-23(28)25-22-14-29-13-18(22)11-17-9-10-24-21-8-6-5-7-20(17)21/h5-10,18,22H,4,11-14H2,1-3H3,(H,25,28)/t18-,22-/m1/s1. The van der Waals surface area contributed by atoms with Gasteiger partial charge in [0.25, 0.3) is 0 Å². The molecule has 6 nitrogen and oxygen atoms in total. The first-order valence-electron chi connectivity index (χ1n) is 10.3. The van der Waals surface area contributed by atoms with Crippen LogP contribution in [0.4, 0.5) is 0 Å². The van der Waals surface area contributed by atoms with E-state index in [9.17, 15) is 4.79 Å². The Labute approximate surface area is 171 Å². The van der Waals surface area contributed by atoms with E-state index in [1.165, 1.54) is 16.5 Å². The Balaban J connectivity index is 1.44. The van der Waals surface area contributed by atoms with Crippen molar-refractivity contribution in [1.82, 2.24) is 20.1 Å². The number of ether oxygens (including phenoxy) is 1. The number of rotatable bonds is 6. The maximum Gasteiger partial charge on any atom is 0.242 e. The fourth-order valence-electron chi connectivity index (χ4n) is 4.36. The topological polar surface area (TPSA) is 69.0 Å². The van der Waals surface area contributed by atoms with Crippen LogP contribution in [0, 0.1) is 19.8 Å². The molecule has 0 bridgehead atoms. The van der Waals surface area contributed by atoms with E-state index in [1.807, 2.05) is 42.9 Å². The third-order valence-electron chi connectivity index (χ3n) is 5.94. The van der Waals surface area contributed by atoms with Crippen LogP contribution in [0.2, 0.25) is 0 Å². The minimum Gasteiger partial charge on any atom is -0.379 e. The van der Waals surface area contributed by atoms with Gasteiger partial charge in [0.05, 0.1) is 30.5 Å². The summed E-state index contributed by atoms with van der Waals surface area (Å²) in [6.07, 6.45) is 3.64. The van der Waals surface area contributed by atoms with Crippen LogP contribution in [-0.4, -0.2) is 39.9 Å². The molecule has 2 aromatic heterocycles. The lowest BCUT2D eigenvalue weighted by Crippen LogP contribution is -2.42. The minimum absolute atomic E-state index is 0.0111. The fraction of sp³-hybridized carbons (Fsp3) is 0.435. The highest BCUT2D eigenvalue weighted by Gasteiger charge is 2.30. The van der Waals surface area contributed by atoms with Gasteiger partial charge in [-0.2, -0.15) is 5.10 Å². The van der Waals surface area contributed by atoms with Crippen LogP contribution in [0.5, 0.6) is 0 Å². The van der Waals surface area contributed by atoms with Gasteiger partial charge in [-0.1, -0.05) is 25.1 Å². The highest BCUT2D eigenvalue weighted by molar-refractivity contribution is 5.82. The summed E-state index contributed by atoms with van der Waals surface area (Å²) in [4.78, 5) is 17.1. The highest BCUT2D eigenvalue weighted by atomic mass is 16.5. The van der Waals surface area contributed by atoms with Gasteiger partial charge in [0.2, 0.25) is 5.91 Å². The number of aryl methyl sites for hydroxylation is 1. The predicted molar refractivity (Wildman–Crippen MR) is 113 cm³/mol. The van der Waals surface area contributed by atoms with Crippen LogP contribution >= 0.6 is 0 Å². The van der Waals surface area contributed by atoms with Gasteiger partial charge in [0, 0.05) is 23.2 Å². The first kappa shape index (κ1) is 19.6. The summed E-state index contributed by atoms with van der Waals surface area (Å²) in [5.74, 6) is 0.231. The molecule has 0 spiro atoms. The summed E-state index contributed by atoms with van der Waals surface area (Å²) in [6, 6.07) is 10.3. The van der Waals surface area contributed by atoms with E-state index in [0.29, 0.717) is 13.2 Å². The molecule has 0 radical (unpaired) electrons. The number of hydrogen-bond acceptors (Lipinski definition) is 4. The number of carbonyl (C=O) groups is 1. The molecule has 152 valence electrons. The first-order valence-corrected chi connectivity index (χ1v) is 10.3. The summed E-state index contributed by atoms with van der Waals surface area (Å²) in [7, 11) is 0. The van der Waals surface area contributed by atoms with Crippen molar-refractivity contribution in [3.8, 4) is 0 Å². The number of nitrogens with zero attached hydrogens (tertiary/aromatic N) is 3. The zero-order valence-electron chi connectivity index (χ0n) is 17.3. The summed E-state index contributed by atoms with van der Waals surface area (Å²) < 4.78 is 7.53. The molecule has 6 heteroatoms. The fourth-order valence-corrected chi connectivity index (χ4v) is 4.36. The number of aromatic nitrogens is 3. The molecular weight excluding hydrogens is 364 g/mol. The Morgan fingerprint density at radius 1 is 1.24 bits per heavy atom. The molecule has 1 saturated heterocycles. The van der Waals surface area contributed by atoms with Crippen molar-refractivity contribution in [3.63, 3.8) is 0 Å². The van der Waals surface area contributed by atoms with Crippen molar-refractivity contribution < 1.29 is 9.53 Å². The number of hydrogen-bond donors (Lipinski definition) is 1. The lowest BCUT2D eigenvalue weighted by molar-refractivity contribution is -0.122. The quantitative estimate of drug-likeness (QED) is 0.700. The van der Waals surface area contributed by atoms with Crippen LogP contribution in [0.1, 0.15) is 29.4 Å². The Hall–Kier alpha value is -2.73. The van der Waals surface area contributed by atoms with Crippen LogP contribution < -0.4 is 5.32 Å². The lowest BCUT2D eigenvalue weighted by Gasteiger charge is -2.20. The van der Waals surface area contributed by atoms with Crippen LogP contribution in [0.15, 0.2) is 36.5 Å². The highest BCUT2D eigenvalue weighted by Crippen LogP contribution is 2.24. The smallest absolute Gasteiger partial charge is 0.242 e. The molecule has 3 heterocycles. The van der Waals surface area contributed by atoms with Crippen molar-refractivity contribution in [1.29, 1.82) is 0 Å². The maximum atomic E-state index is 12.7. The molecule has 2 atom stereocenters. The van der Waals surface area contributed by atoms with E-state index in [1.54, 1.807) is 0 Å². The van der Waals surface area contributed by atoms with Crippen molar-refractivity contribution in [2.75, 3.05) is 13.2 Å². The van der Waals surface area contributed by atoms with Crippen molar-refractivity contribution in [2.24, 2.45) is 5.92 Å². The Morgan fingerprint density at radius 2 is 2.07 bits per heavy atom. The monoisotopic (exact) mass is 392 g/mol. The number of benzene rings is 1. The molecule has 4 rings (SSSR count). The minimum atomic E-state index is -0.0154. The van der Waals surface area contributed by atoms with Gasteiger partial charge in [-0.05, 0) is 49.9 Å². The summed E-state index contributed by atoms with van der Waals surface area (Å²) in [5.41, 5.74) is 5.55. The average Bonchev–Trinajstić information content (AvgIpc) is 3.25. The Kier molecular flexibility index (Phi) is 5.62. The molecule has 29 heavy (non-hydrogen) atoms. The molecule has 1 N–H and O–H groups in total. The third-order valence-corrected chi connectivity index (χ3v) is 5.94. The summed E-state index contributed by atoms with van der Waals surface area (Å²) in [5, 5.41) is 8.88. The lowest BCUT2D eigenvalue weighted by atomic mass is 9.93. The van der Waals surface area contributed by atoms with Crippen molar-refractivity contribution >= 4 is 16.8 Å². The SMILES string of the molecule is CCc1c(C)nn(CC(=O)N[C@@H]2COC[C@H]2Cc2ccnc3ccccc23)c1C. The average molecular weight is 393 g/mol. The molecule has 1 aliphatic heterocycles. The Morgan fingerprint density at radius 3 is 2.86 bits per heavy atom. The molecule has 1 amide bonds. The molecule has 1 aliphatic rings. The zero-order valence-corrected chi connectivity index (χ0v) is 17.3. The van der Waals surface area contributed by atoms with Crippen LogP contribution in [-0.2, 0) is 28.9 Å². The molecule has 0 saturated carbocycles. The van der Waals surface area contributed by atoms with Gasteiger partial charge in [0.1, 0.15) is 6.54 Å². The summed E-state index contributed by atoms with van der Waals surface area (Å²) >= 11 is 0. The third kappa shape index (κ3) is 4.03. The molecule has 0 aliphatic carbocycles. The second kappa shape index (κ2) is 8.33. The second-order valence-corrected chi connectivity index (χ2v) is 7.82. The Bertz CT molecular complexity index is 1020. The van der Waals surface area contributed by atoms with E-state index in [4.69, 9.17) is 4.74 Å². The number of nitrogens with one attached hydrogen (secondary N) is 1. The van der Waals surface area contributed by atoms with Gasteiger partial charge < -0.3 is 10.1 Å². The number of carbonyl (C=O) groups excluding carboxylic acids is 1. The zero-order chi connectivity index (χ0) is 20.4. The van der Waals surface area contributed by atoms with Crippen LogP contribution in [0.25, 0.3) is 10.9 Å². The molecule has 3 aromatic rings. The van der Waals surface area contributed by atoms with Gasteiger partial charge in [-0.3, -0.25) is 14.5 Å². The van der Waals surface area contributed by atoms with Gasteiger partial charge in [-0.25, -0.2) is 0 Å². The van der Waals surface area contributed by atoms with Gasteiger partial charge in [-0.15, -0.1) is 0 Å². The number of amides is 1. The largest absolute Gasteiger partial charge is 0.379 e. The molecule has 1 aromatic carbocycles. The molecular formula is C23H28N4O2. The van der Waals surface area contributed by atoms with Gasteiger partial charge in [0.15, 0.2) is 0 Å². The van der Waals surface area contributed by atoms with E-state index in [0.717, 1.165) is 29.7 Å². The van der Waals surface area contributed by atoms with E-state index in [-0.39, 0.29) is 24.4 Å². The maximum absolute atomic E-state index is 12.7. The van der Waals surface area contributed by atoms with E-state index < -0.39 is 0 Å². The second-order valence-electron chi connectivity index (χ2n) is 7.82. The molecule has 0 unspecified atom stereocenters. The number of pyridine rings is 1.